The molecular weight excluding hydrogens is 234 g/mol. The molecule has 0 unspecified atom stereocenters. The summed E-state index contributed by atoms with van der Waals surface area (Å²) >= 11 is 1.56. The van der Waals surface area contributed by atoms with E-state index in [1.807, 2.05) is 18.1 Å². The van der Waals surface area contributed by atoms with Gasteiger partial charge in [0.25, 0.3) is 0 Å². The van der Waals surface area contributed by atoms with Crippen molar-refractivity contribution in [1.82, 2.24) is 0 Å². The number of hydrogen-bond acceptors (Lipinski definition) is 0. The molecule has 0 atom stereocenters. The van der Waals surface area contributed by atoms with Crippen molar-refractivity contribution < 1.29 is 24.7 Å². The Balaban J connectivity index is 0.000000132. The molecule has 0 N–H and O–H groups in total. The van der Waals surface area contributed by atoms with Crippen LogP contribution in [0.25, 0.3) is 0 Å². The van der Waals surface area contributed by atoms with Gasteiger partial charge in [0.2, 0.25) is 0 Å². The number of aryl methyl sites for hydroxylation is 1. The first-order valence-corrected chi connectivity index (χ1v) is 5.61. The van der Waals surface area contributed by atoms with E-state index in [2.05, 4.69) is 38.1 Å². The Hall–Kier alpha value is -0.222. The molecule has 0 aliphatic heterocycles. The summed E-state index contributed by atoms with van der Waals surface area (Å²) in [4.78, 5) is 0. The fourth-order valence-corrected chi connectivity index (χ4v) is 1.51. The van der Waals surface area contributed by atoms with Gasteiger partial charge in [-0.3, -0.25) is 0 Å². The topological polar surface area (TPSA) is 0 Å². The summed E-state index contributed by atoms with van der Waals surface area (Å²) in [6, 6.07) is 6.14. The van der Waals surface area contributed by atoms with Gasteiger partial charge in [-0.05, 0) is 0 Å². The first kappa shape index (κ1) is 10.9. The number of rotatable bonds is 0. The molecule has 0 amide bonds. The maximum absolute atomic E-state index is 2.18. The number of allylic oxidation sites excluding steroid dienone is 4. The Morgan fingerprint density at radius 1 is 1.38 bits per heavy atom. The van der Waals surface area contributed by atoms with Crippen LogP contribution in [0, 0.1) is 6.92 Å². The fraction of sp³-hybridized carbons (Fsp3) is 0.182. The van der Waals surface area contributed by atoms with E-state index < -0.39 is 0 Å². The molecule has 1 aliphatic carbocycles. The van der Waals surface area contributed by atoms with Crippen molar-refractivity contribution in [2.75, 3.05) is 0 Å². The summed E-state index contributed by atoms with van der Waals surface area (Å²) < 4.78 is 1.56. The van der Waals surface area contributed by atoms with Gasteiger partial charge in [0.05, 0.1) is 0 Å². The molecule has 0 saturated heterocycles. The van der Waals surface area contributed by atoms with Crippen LogP contribution in [0.3, 0.4) is 0 Å². The van der Waals surface area contributed by atoms with Crippen LogP contribution in [-0.4, -0.2) is 6.91 Å². The van der Waals surface area contributed by atoms with E-state index in [1.165, 1.54) is 11.9 Å². The molecule has 63 valence electrons. The van der Waals surface area contributed by atoms with Crippen molar-refractivity contribution in [3.05, 3.63) is 51.1 Å². The van der Waals surface area contributed by atoms with E-state index in [9.17, 15) is 0 Å². The molecule has 1 heterocycles. The summed E-state index contributed by atoms with van der Waals surface area (Å²) in [6.45, 7) is 4.17. The van der Waals surface area contributed by atoms with Crippen molar-refractivity contribution in [1.29, 1.82) is 0 Å². The molecule has 1 aliphatic rings. The molecular formula is C11H12BZr. The Morgan fingerprint density at radius 2 is 2.23 bits per heavy atom. The molecule has 0 bridgehead atoms. The molecule has 0 nitrogen and oxygen atoms in total. The van der Waals surface area contributed by atoms with Crippen LogP contribution in [-0.2, 0) is 24.7 Å². The normalized spacial score (nSPS) is 12.8. The third-order valence-electron chi connectivity index (χ3n) is 1.71. The second kappa shape index (κ2) is 6.26. The first-order chi connectivity index (χ1) is 6.29. The Kier molecular flexibility index (Phi) is 5.23. The summed E-state index contributed by atoms with van der Waals surface area (Å²) in [7, 11) is 0. The van der Waals surface area contributed by atoms with Crippen LogP contribution in [0.2, 0.25) is 0 Å². The Labute approximate surface area is 95.8 Å². The Morgan fingerprint density at radius 3 is 2.46 bits per heavy atom. The molecule has 2 heteroatoms. The summed E-state index contributed by atoms with van der Waals surface area (Å²) in [5, 5.41) is 0. The van der Waals surface area contributed by atoms with Gasteiger partial charge in [0.1, 0.15) is 0 Å². The van der Waals surface area contributed by atoms with Crippen molar-refractivity contribution >= 4 is 6.91 Å². The fourth-order valence-electron chi connectivity index (χ4n) is 0.982. The van der Waals surface area contributed by atoms with E-state index >= 15 is 0 Å². The van der Waals surface area contributed by atoms with Gasteiger partial charge >= 0.3 is 96.1 Å². The van der Waals surface area contributed by atoms with Gasteiger partial charge in [-0.25, -0.2) is 0 Å². The van der Waals surface area contributed by atoms with E-state index in [4.69, 9.17) is 0 Å². The van der Waals surface area contributed by atoms with Gasteiger partial charge in [0.15, 0.2) is 0 Å². The van der Waals surface area contributed by atoms with Crippen LogP contribution < -0.4 is 0 Å². The van der Waals surface area contributed by atoms with Gasteiger partial charge in [0, 0.05) is 0 Å². The van der Waals surface area contributed by atoms with Crippen molar-refractivity contribution in [3.63, 3.8) is 0 Å². The zero-order valence-corrected chi connectivity index (χ0v) is 10.3. The van der Waals surface area contributed by atoms with Crippen LogP contribution in [0.4, 0.5) is 0 Å². The second-order valence-corrected chi connectivity index (χ2v) is 4.56. The van der Waals surface area contributed by atoms with Gasteiger partial charge in [-0.2, -0.15) is 0 Å². The van der Waals surface area contributed by atoms with Crippen molar-refractivity contribution in [2.45, 2.75) is 13.3 Å². The summed E-state index contributed by atoms with van der Waals surface area (Å²) in [6.07, 6.45) is 7.69. The number of hydrogen-bond donors (Lipinski definition) is 0. The molecule has 0 saturated carbocycles. The average molecular weight is 246 g/mol. The van der Waals surface area contributed by atoms with Crippen molar-refractivity contribution in [2.24, 2.45) is 0 Å². The summed E-state index contributed by atoms with van der Waals surface area (Å²) in [5.41, 5.74) is 1.32. The average Bonchev–Trinajstić information content (AvgIpc) is 2.58. The third-order valence-corrected chi connectivity index (χ3v) is 2.62. The predicted octanol–water partition coefficient (Wildman–Crippen LogP) is 2.71. The molecule has 1 aromatic heterocycles. The molecule has 0 spiro atoms. The quantitative estimate of drug-likeness (QED) is 0.660. The SMILES string of the molecule is Cc1bcccc1.[Zr][C]1=CC=CC1. The zero-order chi connectivity index (χ0) is 9.52. The van der Waals surface area contributed by atoms with E-state index in [1.54, 1.807) is 28.0 Å². The van der Waals surface area contributed by atoms with E-state index in [0.29, 0.717) is 0 Å². The van der Waals surface area contributed by atoms with Crippen LogP contribution in [0.1, 0.15) is 11.9 Å². The Bertz CT molecular complexity index is 301. The van der Waals surface area contributed by atoms with E-state index in [-0.39, 0.29) is 0 Å². The predicted molar refractivity (Wildman–Crippen MR) is 54.4 cm³/mol. The first-order valence-electron chi connectivity index (χ1n) is 4.38. The van der Waals surface area contributed by atoms with Crippen LogP contribution in [0.15, 0.2) is 45.7 Å². The molecule has 1 aromatic rings. The molecule has 0 fully saturated rings. The van der Waals surface area contributed by atoms with Crippen molar-refractivity contribution in [3.8, 4) is 0 Å². The van der Waals surface area contributed by atoms with Gasteiger partial charge < -0.3 is 0 Å². The van der Waals surface area contributed by atoms with Gasteiger partial charge in [-0.1, -0.05) is 0 Å². The second-order valence-electron chi connectivity index (χ2n) is 2.98. The van der Waals surface area contributed by atoms with Crippen LogP contribution >= 0.6 is 0 Å². The van der Waals surface area contributed by atoms with E-state index in [0.717, 1.165) is 0 Å². The van der Waals surface area contributed by atoms with Crippen LogP contribution in [0.5, 0.6) is 0 Å². The standard InChI is InChI=1S/C6H7B.C5H5.Zr/c1-6-4-2-3-5-7-6;1-2-4-5-3-1;/h2-5H,1H3;1-3H,4H2;. The zero-order valence-electron chi connectivity index (χ0n) is 7.83. The summed E-state index contributed by atoms with van der Waals surface area (Å²) in [5.74, 6) is 2.04. The molecule has 0 radical (unpaired) electrons. The van der Waals surface area contributed by atoms with Gasteiger partial charge in [-0.15, -0.1) is 0 Å². The molecule has 0 aromatic carbocycles. The molecule has 13 heavy (non-hydrogen) atoms. The minimum absolute atomic E-state index is 1.21. The maximum atomic E-state index is 2.18. The minimum atomic E-state index is 1.21. The molecule has 2 rings (SSSR count). The monoisotopic (exact) mass is 245 g/mol. The third kappa shape index (κ3) is 5.16.